The number of hydrogen-bond donors (Lipinski definition) is 2. The Morgan fingerprint density at radius 1 is 1.10 bits per heavy atom. The van der Waals surface area contributed by atoms with Crippen LogP contribution in [0.1, 0.15) is 46.0 Å². The summed E-state index contributed by atoms with van der Waals surface area (Å²) in [6, 6.07) is 3.15. The zero-order chi connectivity index (χ0) is 14.8. The van der Waals surface area contributed by atoms with E-state index in [1.54, 1.807) is 6.07 Å². The van der Waals surface area contributed by atoms with Gasteiger partial charge in [0.1, 0.15) is 5.82 Å². The number of hydrogen-bond acceptors (Lipinski definition) is 5. The van der Waals surface area contributed by atoms with Crippen LogP contribution in [0.2, 0.25) is 0 Å². The number of nitrogens with one attached hydrogen (secondary N) is 2. The third-order valence-corrected chi connectivity index (χ3v) is 2.95. The van der Waals surface area contributed by atoms with Crippen LogP contribution in [0.3, 0.4) is 0 Å². The lowest BCUT2D eigenvalue weighted by atomic mass is 10.2. The third kappa shape index (κ3) is 5.42. The minimum Gasteiger partial charge on any atom is -0.370 e. The number of nitro groups is 1. The topological polar surface area (TPSA) is 80.1 Å². The molecule has 6 heteroatoms. The molecule has 0 aliphatic rings. The number of anilines is 2. The van der Waals surface area contributed by atoms with Crippen LogP contribution in [0.25, 0.3) is 0 Å². The highest BCUT2D eigenvalue weighted by Crippen LogP contribution is 2.24. The van der Waals surface area contributed by atoms with Gasteiger partial charge in [-0.25, -0.2) is 4.98 Å². The highest BCUT2D eigenvalue weighted by atomic mass is 16.6. The molecule has 20 heavy (non-hydrogen) atoms. The highest BCUT2D eigenvalue weighted by molar-refractivity contribution is 5.60. The molecular weight excluding hydrogens is 256 g/mol. The van der Waals surface area contributed by atoms with Gasteiger partial charge in [-0.2, -0.15) is 0 Å². The molecule has 0 unspecified atom stereocenters. The summed E-state index contributed by atoms with van der Waals surface area (Å²) in [5.41, 5.74) is 0.0301. The van der Waals surface area contributed by atoms with Gasteiger partial charge in [0.2, 0.25) is 5.82 Å². The number of nitrogens with zero attached hydrogens (tertiary/aromatic N) is 2. The van der Waals surface area contributed by atoms with E-state index in [9.17, 15) is 10.1 Å². The normalized spacial score (nSPS) is 10.3. The maximum absolute atomic E-state index is 11.0. The van der Waals surface area contributed by atoms with Gasteiger partial charge in [-0.05, 0) is 18.9 Å². The van der Waals surface area contributed by atoms with E-state index in [4.69, 9.17) is 0 Å². The van der Waals surface area contributed by atoms with Crippen molar-refractivity contribution in [1.82, 2.24) is 4.98 Å². The number of aromatic nitrogens is 1. The summed E-state index contributed by atoms with van der Waals surface area (Å²) in [5.74, 6) is 1.03. The molecule has 0 saturated heterocycles. The Kier molecular flexibility index (Phi) is 7.39. The van der Waals surface area contributed by atoms with Crippen LogP contribution < -0.4 is 10.6 Å². The van der Waals surface area contributed by atoms with Crippen LogP contribution in [-0.2, 0) is 0 Å². The monoisotopic (exact) mass is 280 g/mol. The predicted octanol–water partition coefficient (Wildman–Crippen LogP) is 3.80. The Bertz CT molecular complexity index is 424. The molecule has 0 radical (unpaired) electrons. The zero-order valence-electron chi connectivity index (χ0n) is 12.3. The molecular formula is C14H24N4O2. The average Bonchev–Trinajstić information content (AvgIpc) is 2.44. The fraction of sp³-hybridized carbons (Fsp3) is 0.643. The van der Waals surface area contributed by atoms with Gasteiger partial charge >= 0.3 is 5.69 Å². The van der Waals surface area contributed by atoms with Gasteiger partial charge in [0.05, 0.1) is 4.92 Å². The molecule has 0 spiro atoms. The van der Waals surface area contributed by atoms with Crippen molar-refractivity contribution in [3.8, 4) is 0 Å². The van der Waals surface area contributed by atoms with Gasteiger partial charge in [0.25, 0.3) is 0 Å². The lowest BCUT2D eigenvalue weighted by Gasteiger charge is -2.09. The molecule has 0 aliphatic carbocycles. The first-order chi connectivity index (χ1) is 9.69. The molecule has 1 heterocycles. The summed E-state index contributed by atoms with van der Waals surface area (Å²) < 4.78 is 0. The minimum atomic E-state index is -0.398. The van der Waals surface area contributed by atoms with Crippen molar-refractivity contribution in [1.29, 1.82) is 0 Å². The molecule has 1 aromatic rings. The molecule has 0 aromatic carbocycles. The standard InChI is InChI=1S/C14H24N4O2/c1-3-5-6-7-11-16-14-12(18(19)20)8-9-13(17-14)15-10-4-2/h8-9H,3-7,10-11H2,1-2H3,(H2,15,16,17). The zero-order valence-corrected chi connectivity index (χ0v) is 12.3. The molecule has 0 saturated carbocycles. The molecule has 0 atom stereocenters. The Morgan fingerprint density at radius 2 is 1.90 bits per heavy atom. The summed E-state index contributed by atoms with van der Waals surface area (Å²) in [4.78, 5) is 14.9. The second-order valence-electron chi connectivity index (χ2n) is 4.74. The first kappa shape index (κ1) is 16.2. The molecule has 112 valence electrons. The second-order valence-corrected chi connectivity index (χ2v) is 4.74. The minimum absolute atomic E-state index is 0.0301. The quantitative estimate of drug-likeness (QED) is 0.387. The Balaban J connectivity index is 2.65. The van der Waals surface area contributed by atoms with Crippen molar-refractivity contribution >= 4 is 17.3 Å². The largest absolute Gasteiger partial charge is 0.370 e. The molecule has 0 amide bonds. The van der Waals surface area contributed by atoms with Crippen molar-refractivity contribution in [3.05, 3.63) is 22.2 Å². The molecule has 1 aromatic heterocycles. The van der Waals surface area contributed by atoms with E-state index in [0.717, 1.165) is 25.8 Å². The average molecular weight is 280 g/mol. The summed E-state index contributed by atoms with van der Waals surface area (Å²) in [7, 11) is 0. The third-order valence-electron chi connectivity index (χ3n) is 2.95. The molecule has 1 rings (SSSR count). The second kappa shape index (κ2) is 9.12. The molecule has 0 bridgehead atoms. The maximum Gasteiger partial charge on any atom is 0.311 e. The predicted molar refractivity (Wildman–Crippen MR) is 82.3 cm³/mol. The van der Waals surface area contributed by atoms with Crippen molar-refractivity contribution in [2.75, 3.05) is 23.7 Å². The van der Waals surface area contributed by atoms with E-state index >= 15 is 0 Å². The lowest BCUT2D eigenvalue weighted by molar-refractivity contribution is -0.384. The van der Waals surface area contributed by atoms with Gasteiger partial charge in [0.15, 0.2) is 0 Å². The Labute approximate surface area is 120 Å². The Morgan fingerprint density at radius 3 is 2.55 bits per heavy atom. The fourth-order valence-corrected chi connectivity index (χ4v) is 1.84. The van der Waals surface area contributed by atoms with E-state index in [-0.39, 0.29) is 5.69 Å². The van der Waals surface area contributed by atoms with Crippen molar-refractivity contribution < 1.29 is 4.92 Å². The smallest absolute Gasteiger partial charge is 0.311 e. The van der Waals surface area contributed by atoms with Crippen molar-refractivity contribution in [2.45, 2.75) is 46.0 Å². The molecule has 2 N–H and O–H groups in total. The Hall–Kier alpha value is -1.85. The van der Waals surface area contributed by atoms with Crippen LogP contribution >= 0.6 is 0 Å². The summed E-state index contributed by atoms with van der Waals surface area (Å²) in [6.07, 6.45) is 5.48. The lowest BCUT2D eigenvalue weighted by Crippen LogP contribution is -2.09. The van der Waals surface area contributed by atoms with Gasteiger partial charge in [-0.15, -0.1) is 0 Å². The summed E-state index contributed by atoms with van der Waals surface area (Å²) in [6.45, 7) is 5.74. The van der Waals surface area contributed by atoms with E-state index in [1.165, 1.54) is 18.9 Å². The maximum atomic E-state index is 11.0. The van der Waals surface area contributed by atoms with Crippen LogP contribution in [0.15, 0.2) is 12.1 Å². The first-order valence-electron chi connectivity index (χ1n) is 7.32. The van der Waals surface area contributed by atoms with Gasteiger partial charge in [0, 0.05) is 19.2 Å². The molecule has 6 nitrogen and oxygen atoms in total. The van der Waals surface area contributed by atoms with Gasteiger partial charge < -0.3 is 10.6 Å². The number of rotatable bonds is 10. The van der Waals surface area contributed by atoms with E-state index in [2.05, 4.69) is 29.5 Å². The van der Waals surface area contributed by atoms with Gasteiger partial charge in [-0.1, -0.05) is 33.1 Å². The highest BCUT2D eigenvalue weighted by Gasteiger charge is 2.15. The van der Waals surface area contributed by atoms with Crippen molar-refractivity contribution in [2.24, 2.45) is 0 Å². The first-order valence-corrected chi connectivity index (χ1v) is 7.32. The van der Waals surface area contributed by atoms with Crippen LogP contribution in [0.4, 0.5) is 17.3 Å². The van der Waals surface area contributed by atoms with Gasteiger partial charge in [-0.3, -0.25) is 10.1 Å². The number of pyridine rings is 1. The van der Waals surface area contributed by atoms with Crippen LogP contribution in [0, 0.1) is 10.1 Å². The fourth-order valence-electron chi connectivity index (χ4n) is 1.84. The molecule has 0 fully saturated rings. The SMILES string of the molecule is CCCCCCNc1nc(NCCC)ccc1[N+](=O)[O-]. The van der Waals surface area contributed by atoms with E-state index in [1.807, 2.05) is 0 Å². The van der Waals surface area contributed by atoms with Crippen LogP contribution in [-0.4, -0.2) is 23.0 Å². The summed E-state index contributed by atoms with van der Waals surface area (Å²) >= 11 is 0. The number of unbranched alkanes of at least 4 members (excludes halogenated alkanes) is 3. The summed E-state index contributed by atoms with van der Waals surface area (Å²) in [5, 5.41) is 17.2. The van der Waals surface area contributed by atoms with Crippen molar-refractivity contribution in [3.63, 3.8) is 0 Å². The molecule has 0 aliphatic heterocycles. The van der Waals surface area contributed by atoms with E-state index < -0.39 is 4.92 Å². The van der Waals surface area contributed by atoms with E-state index in [0.29, 0.717) is 18.2 Å². The van der Waals surface area contributed by atoms with Crippen LogP contribution in [0.5, 0.6) is 0 Å².